The van der Waals surface area contributed by atoms with Crippen LogP contribution in [-0.4, -0.2) is 23.7 Å². The van der Waals surface area contributed by atoms with Crippen molar-refractivity contribution in [2.24, 2.45) is 5.92 Å². The zero-order chi connectivity index (χ0) is 13.5. The Morgan fingerprint density at radius 2 is 2.11 bits per heavy atom. The number of aliphatic hydroxyl groups excluding tert-OH is 1. The maximum Gasteiger partial charge on any atom is 0.220 e. The van der Waals surface area contributed by atoms with Crippen LogP contribution in [0.5, 0.6) is 0 Å². The number of nitrogens with one attached hydrogen (secondary N) is 1. The van der Waals surface area contributed by atoms with Gasteiger partial charge in [-0.05, 0) is 24.8 Å². The molecule has 0 fully saturated rings. The lowest BCUT2D eigenvalue weighted by Crippen LogP contribution is -2.34. The predicted octanol–water partition coefficient (Wildman–Crippen LogP) is 2.06. The SMILES string of the molecule is Cc1cccc(CCC(=O)NCC(O)C(C)C)c1. The lowest BCUT2D eigenvalue weighted by atomic mass is 10.1. The van der Waals surface area contributed by atoms with E-state index in [-0.39, 0.29) is 11.8 Å². The summed E-state index contributed by atoms with van der Waals surface area (Å²) in [5, 5.41) is 12.3. The van der Waals surface area contributed by atoms with E-state index in [0.29, 0.717) is 13.0 Å². The van der Waals surface area contributed by atoms with Gasteiger partial charge in [0.25, 0.3) is 0 Å². The second-order valence-electron chi connectivity index (χ2n) is 5.10. The van der Waals surface area contributed by atoms with Gasteiger partial charge in [0.2, 0.25) is 5.91 Å². The molecule has 0 aliphatic carbocycles. The maximum atomic E-state index is 11.6. The molecule has 2 N–H and O–H groups in total. The predicted molar refractivity (Wildman–Crippen MR) is 73.4 cm³/mol. The van der Waals surface area contributed by atoms with Crippen LogP contribution >= 0.6 is 0 Å². The molecule has 0 saturated heterocycles. The Kier molecular flexibility index (Phi) is 5.86. The quantitative estimate of drug-likeness (QED) is 0.810. The fraction of sp³-hybridized carbons (Fsp3) is 0.533. The van der Waals surface area contributed by atoms with Crippen LogP contribution in [-0.2, 0) is 11.2 Å². The van der Waals surface area contributed by atoms with Gasteiger partial charge in [-0.3, -0.25) is 4.79 Å². The minimum Gasteiger partial charge on any atom is -0.391 e. The molecule has 1 aromatic rings. The van der Waals surface area contributed by atoms with Crippen LogP contribution in [0.25, 0.3) is 0 Å². The smallest absolute Gasteiger partial charge is 0.220 e. The van der Waals surface area contributed by atoms with E-state index in [0.717, 1.165) is 6.42 Å². The van der Waals surface area contributed by atoms with Gasteiger partial charge < -0.3 is 10.4 Å². The van der Waals surface area contributed by atoms with Gasteiger partial charge in [0.1, 0.15) is 0 Å². The van der Waals surface area contributed by atoms with Gasteiger partial charge in [0, 0.05) is 13.0 Å². The first kappa shape index (κ1) is 14.7. The molecule has 1 rings (SSSR count). The molecule has 18 heavy (non-hydrogen) atoms. The van der Waals surface area contributed by atoms with Crippen molar-refractivity contribution in [1.29, 1.82) is 0 Å². The molecule has 0 saturated carbocycles. The number of amides is 1. The highest BCUT2D eigenvalue weighted by molar-refractivity contribution is 5.76. The monoisotopic (exact) mass is 249 g/mol. The number of hydrogen-bond acceptors (Lipinski definition) is 2. The van der Waals surface area contributed by atoms with Gasteiger partial charge >= 0.3 is 0 Å². The normalized spacial score (nSPS) is 12.5. The van der Waals surface area contributed by atoms with Crippen molar-refractivity contribution in [3.05, 3.63) is 35.4 Å². The lowest BCUT2D eigenvalue weighted by molar-refractivity contribution is -0.121. The van der Waals surface area contributed by atoms with E-state index in [1.54, 1.807) is 0 Å². The van der Waals surface area contributed by atoms with Gasteiger partial charge in [-0.15, -0.1) is 0 Å². The van der Waals surface area contributed by atoms with E-state index in [4.69, 9.17) is 0 Å². The average molecular weight is 249 g/mol. The van der Waals surface area contributed by atoms with E-state index in [9.17, 15) is 9.90 Å². The molecular formula is C15H23NO2. The highest BCUT2D eigenvalue weighted by atomic mass is 16.3. The highest BCUT2D eigenvalue weighted by Crippen LogP contribution is 2.06. The number of rotatable bonds is 6. The van der Waals surface area contributed by atoms with E-state index >= 15 is 0 Å². The molecule has 1 aromatic carbocycles. The summed E-state index contributed by atoms with van der Waals surface area (Å²) in [6.45, 7) is 6.25. The molecule has 3 nitrogen and oxygen atoms in total. The Balaban J connectivity index is 2.29. The van der Waals surface area contributed by atoms with E-state index in [1.165, 1.54) is 11.1 Å². The minimum absolute atomic E-state index is 0.00351. The van der Waals surface area contributed by atoms with Gasteiger partial charge in [0.05, 0.1) is 6.10 Å². The second kappa shape index (κ2) is 7.17. The zero-order valence-corrected chi connectivity index (χ0v) is 11.4. The summed E-state index contributed by atoms with van der Waals surface area (Å²) in [5.74, 6) is 0.165. The third-order valence-corrected chi connectivity index (χ3v) is 3.00. The van der Waals surface area contributed by atoms with E-state index < -0.39 is 6.10 Å². The number of benzene rings is 1. The van der Waals surface area contributed by atoms with Crippen LogP contribution in [0.3, 0.4) is 0 Å². The molecule has 0 heterocycles. The van der Waals surface area contributed by atoms with Gasteiger partial charge in [0.15, 0.2) is 0 Å². The number of hydrogen-bond donors (Lipinski definition) is 2. The van der Waals surface area contributed by atoms with Crippen LogP contribution in [0, 0.1) is 12.8 Å². The molecule has 0 bridgehead atoms. The Morgan fingerprint density at radius 3 is 2.72 bits per heavy atom. The number of carbonyl (C=O) groups excluding carboxylic acids is 1. The molecule has 3 heteroatoms. The summed E-state index contributed by atoms with van der Waals surface area (Å²) < 4.78 is 0. The fourth-order valence-electron chi connectivity index (χ4n) is 1.67. The van der Waals surface area contributed by atoms with Crippen molar-refractivity contribution in [2.45, 2.75) is 39.7 Å². The zero-order valence-electron chi connectivity index (χ0n) is 11.4. The third-order valence-electron chi connectivity index (χ3n) is 3.00. The summed E-state index contributed by atoms with van der Waals surface area (Å²) in [6, 6.07) is 8.17. The van der Waals surface area contributed by atoms with Crippen molar-refractivity contribution in [3.63, 3.8) is 0 Å². The summed E-state index contributed by atoms with van der Waals surface area (Å²) in [6.07, 6.45) is 0.743. The first-order chi connectivity index (χ1) is 8.49. The lowest BCUT2D eigenvalue weighted by Gasteiger charge is -2.15. The third kappa shape index (κ3) is 5.32. The Morgan fingerprint density at radius 1 is 1.39 bits per heavy atom. The average Bonchev–Trinajstić information content (AvgIpc) is 2.33. The highest BCUT2D eigenvalue weighted by Gasteiger charge is 2.10. The van der Waals surface area contributed by atoms with Gasteiger partial charge in [-0.1, -0.05) is 43.7 Å². The molecule has 0 aromatic heterocycles. The molecule has 1 unspecified atom stereocenters. The van der Waals surface area contributed by atoms with Crippen LogP contribution in [0.1, 0.15) is 31.4 Å². The van der Waals surface area contributed by atoms with Crippen LogP contribution in [0.2, 0.25) is 0 Å². The standard InChI is InChI=1S/C15H23NO2/c1-11(2)14(17)10-16-15(18)8-7-13-6-4-5-12(3)9-13/h4-6,9,11,14,17H,7-8,10H2,1-3H3,(H,16,18). The van der Waals surface area contributed by atoms with Crippen molar-refractivity contribution in [1.82, 2.24) is 5.32 Å². The van der Waals surface area contributed by atoms with Gasteiger partial charge in [-0.25, -0.2) is 0 Å². The van der Waals surface area contributed by atoms with Crippen molar-refractivity contribution >= 4 is 5.91 Å². The molecule has 1 atom stereocenters. The fourth-order valence-corrected chi connectivity index (χ4v) is 1.67. The molecular weight excluding hydrogens is 226 g/mol. The Hall–Kier alpha value is -1.35. The van der Waals surface area contributed by atoms with E-state index in [2.05, 4.69) is 11.4 Å². The van der Waals surface area contributed by atoms with E-state index in [1.807, 2.05) is 39.0 Å². The van der Waals surface area contributed by atoms with Crippen LogP contribution in [0.15, 0.2) is 24.3 Å². The number of aliphatic hydroxyl groups is 1. The first-order valence-corrected chi connectivity index (χ1v) is 6.49. The van der Waals surface area contributed by atoms with Crippen molar-refractivity contribution in [3.8, 4) is 0 Å². The molecule has 0 aliphatic heterocycles. The van der Waals surface area contributed by atoms with Crippen LogP contribution < -0.4 is 5.32 Å². The molecule has 100 valence electrons. The molecule has 0 radical (unpaired) electrons. The molecule has 0 aliphatic rings. The summed E-state index contributed by atoms with van der Waals surface area (Å²) >= 11 is 0. The van der Waals surface area contributed by atoms with Crippen molar-refractivity contribution in [2.75, 3.05) is 6.54 Å². The van der Waals surface area contributed by atoms with Gasteiger partial charge in [-0.2, -0.15) is 0 Å². The summed E-state index contributed by atoms with van der Waals surface area (Å²) in [5.41, 5.74) is 2.39. The number of carbonyl (C=O) groups is 1. The summed E-state index contributed by atoms with van der Waals surface area (Å²) in [7, 11) is 0. The number of aryl methyl sites for hydroxylation is 2. The maximum absolute atomic E-state index is 11.6. The topological polar surface area (TPSA) is 49.3 Å². The summed E-state index contributed by atoms with van der Waals surface area (Å²) in [4.78, 5) is 11.6. The molecule has 0 spiro atoms. The Bertz CT molecular complexity index is 388. The largest absolute Gasteiger partial charge is 0.391 e. The minimum atomic E-state index is -0.465. The Labute approximate surface area is 109 Å². The van der Waals surface area contributed by atoms with Crippen molar-refractivity contribution < 1.29 is 9.90 Å². The second-order valence-corrected chi connectivity index (χ2v) is 5.10. The van der Waals surface area contributed by atoms with Crippen LogP contribution in [0.4, 0.5) is 0 Å². The first-order valence-electron chi connectivity index (χ1n) is 6.49. The molecule has 1 amide bonds.